The first kappa shape index (κ1) is 14.7. The molecule has 110 valence electrons. The maximum Gasteiger partial charge on any atom is 0.310 e. The van der Waals surface area contributed by atoms with Crippen LogP contribution in [0.1, 0.15) is 62.7 Å². The van der Waals surface area contributed by atoms with Crippen molar-refractivity contribution in [2.45, 2.75) is 58.0 Å². The molecule has 2 rings (SSSR count). The fourth-order valence-electron chi connectivity index (χ4n) is 2.75. The van der Waals surface area contributed by atoms with Crippen LogP contribution in [0, 0.1) is 0 Å². The Morgan fingerprint density at radius 3 is 2.70 bits per heavy atom. The number of ether oxygens (including phenoxy) is 1. The third-order valence-corrected chi connectivity index (χ3v) is 3.73. The molecule has 4 heteroatoms. The summed E-state index contributed by atoms with van der Waals surface area (Å²) in [7, 11) is 0. The van der Waals surface area contributed by atoms with Gasteiger partial charge in [0.15, 0.2) is 0 Å². The van der Waals surface area contributed by atoms with Crippen LogP contribution < -0.4 is 0 Å². The summed E-state index contributed by atoms with van der Waals surface area (Å²) in [6.07, 6.45) is 6.14. The lowest BCUT2D eigenvalue weighted by molar-refractivity contribution is -0.150. The standard InChI is InChI=1S/C16H22O4/c1-2-3-4-5-6-7-14-16-11(9-15(19)20-14)8-12(17)10-13(16)18/h8,10,14,17-18H,2-7,9H2,1H3. The molecule has 0 bridgehead atoms. The van der Waals surface area contributed by atoms with Gasteiger partial charge in [0.2, 0.25) is 0 Å². The van der Waals surface area contributed by atoms with Crippen molar-refractivity contribution >= 4 is 5.97 Å². The molecule has 1 aromatic carbocycles. The fourth-order valence-corrected chi connectivity index (χ4v) is 2.75. The van der Waals surface area contributed by atoms with Crippen LogP contribution in [-0.2, 0) is 16.0 Å². The number of hydrogen-bond donors (Lipinski definition) is 2. The lowest BCUT2D eigenvalue weighted by Crippen LogP contribution is -2.21. The van der Waals surface area contributed by atoms with Crippen molar-refractivity contribution < 1.29 is 19.7 Å². The molecule has 0 saturated heterocycles. The molecule has 1 aromatic rings. The van der Waals surface area contributed by atoms with Crippen LogP contribution in [0.3, 0.4) is 0 Å². The number of phenols is 2. The Morgan fingerprint density at radius 2 is 1.95 bits per heavy atom. The maximum atomic E-state index is 11.6. The number of phenolic OH excluding ortho intramolecular Hbond substituents is 2. The van der Waals surface area contributed by atoms with Gasteiger partial charge in [-0.05, 0) is 24.5 Å². The van der Waals surface area contributed by atoms with Crippen LogP contribution in [-0.4, -0.2) is 16.2 Å². The number of esters is 1. The van der Waals surface area contributed by atoms with Gasteiger partial charge in [0, 0.05) is 11.6 Å². The number of carbonyl (C=O) groups is 1. The van der Waals surface area contributed by atoms with Gasteiger partial charge in [0.25, 0.3) is 0 Å². The summed E-state index contributed by atoms with van der Waals surface area (Å²) in [4.78, 5) is 11.6. The molecule has 4 nitrogen and oxygen atoms in total. The van der Waals surface area contributed by atoms with E-state index in [4.69, 9.17) is 4.74 Å². The lowest BCUT2D eigenvalue weighted by atomic mass is 9.92. The van der Waals surface area contributed by atoms with Crippen LogP contribution in [0.25, 0.3) is 0 Å². The minimum absolute atomic E-state index is 0.0161. The third-order valence-electron chi connectivity index (χ3n) is 3.73. The average Bonchev–Trinajstić information content (AvgIpc) is 2.36. The van der Waals surface area contributed by atoms with Crippen molar-refractivity contribution in [3.63, 3.8) is 0 Å². The summed E-state index contributed by atoms with van der Waals surface area (Å²) in [6.45, 7) is 2.17. The van der Waals surface area contributed by atoms with Gasteiger partial charge in [-0.15, -0.1) is 0 Å². The molecule has 0 fully saturated rings. The highest BCUT2D eigenvalue weighted by Crippen LogP contribution is 2.39. The molecule has 0 aliphatic carbocycles. The largest absolute Gasteiger partial charge is 0.508 e. The molecule has 1 aliphatic heterocycles. The predicted molar refractivity (Wildman–Crippen MR) is 75.7 cm³/mol. The van der Waals surface area contributed by atoms with E-state index in [0.29, 0.717) is 11.1 Å². The number of benzene rings is 1. The Kier molecular flexibility index (Phi) is 4.88. The first-order valence-corrected chi connectivity index (χ1v) is 7.36. The van der Waals surface area contributed by atoms with E-state index in [9.17, 15) is 15.0 Å². The number of fused-ring (bicyclic) bond motifs is 1. The predicted octanol–water partition coefficient (Wildman–Crippen LogP) is 3.60. The molecular formula is C16H22O4. The highest BCUT2D eigenvalue weighted by Gasteiger charge is 2.29. The molecule has 1 heterocycles. The molecular weight excluding hydrogens is 256 g/mol. The number of cyclic esters (lactones) is 1. The van der Waals surface area contributed by atoms with E-state index in [-0.39, 0.29) is 30.0 Å². The van der Waals surface area contributed by atoms with Gasteiger partial charge in [0.05, 0.1) is 6.42 Å². The van der Waals surface area contributed by atoms with Crippen LogP contribution in [0.5, 0.6) is 11.5 Å². The van der Waals surface area contributed by atoms with E-state index in [1.807, 2.05) is 0 Å². The number of hydrogen-bond acceptors (Lipinski definition) is 4. The lowest BCUT2D eigenvalue weighted by Gasteiger charge is -2.26. The quantitative estimate of drug-likeness (QED) is 0.616. The topological polar surface area (TPSA) is 66.8 Å². The van der Waals surface area contributed by atoms with Crippen molar-refractivity contribution in [1.29, 1.82) is 0 Å². The Hall–Kier alpha value is -1.71. The van der Waals surface area contributed by atoms with Crippen molar-refractivity contribution in [3.8, 4) is 11.5 Å². The van der Waals surface area contributed by atoms with Crippen molar-refractivity contribution in [1.82, 2.24) is 0 Å². The van der Waals surface area contributed by atoms with Gasteiger partial charge in [0.1, 0.15) is 17.6 Å². The first-order valence-electron chi connectivity index (χ1n) is 7.36. The number of carbonyl (C=O) groups excluding carboxylic acids is 1. The smallest absolute Gasteiger partial charge is 0.310 e. The molecule has 1 unspecified atom stereocenters. The summed E-state index contributed by atoms with van der Waals surface area (Å²) in [5.74, 6) is -0.287. The normalized spacial score (nSPS) is 17.6. The van der Waals surface area contributed by atoms with E-state index >= 15 is 0 Å². The molecule has 1 aliphatic rings. The van der Waals surface area contributed by atoms with E-state index in [2.05, 4.69) is 6.92 Å². The molecule has 20 heavy (non-hydrogen) atoms. The second-order valence-corrected chi connectivity index (χ2v) is 5.40. The minimum atomic E-state index is -0.381. The second-order valence-electron chi connectivity index (χ2n) is 5.40. The zero-order chi connectivity index (χ0) is 14.5. The van der Waals surface area contributed by atoms with Crippen molar-refractivity contribution in [2.24, 2.45) is 0 Å². The van der Waals surface area contributed by atoms with Gasteiger partial charge in [-0.1, -0.05) is 32.6 Å². The molecule has 0 aromatic heterocycles. The monoisotopic (exact) mass is 278 g/mol. The Balaban J connectivity index is 2.06. The van der Waals surface area contributed by atoms with E-state index in [1.54, 1.807) is 6.07 Å². The zero-order valence-corrected chi connectivity index (χ0v) is 11.9. The molecule has 0 radical (unpaired) electrons. The van der Waals surface area contributed by atoms with E-state index in [0.717, 1.165) is 19.3 Å². The SMILES string of the molecule is CCCCCCCC1OC(=O)Cc2cc(O)cc(O)c21. The van der Waals surface area contributed by atoms with Crippen molar-refractivity contribution in [2.75, 3.05) is 0 Å². The summed E-state index contributed by atoms with van der Waals surface area (Å²) < 4.78 is 5.36. The summed E-state index contributed by atoms with van der Waals surface area (Å²) >= 11 is 0. The molecule has 0 spiro atoms. The van der Waals surface area contributed by atoms with Crippen LogP contribution >= 0.6 is 0 Å². The van der Waals surface area contributed by atoms with Crippen LogP contribution in [0.2, 0.25) is 0 Å². The van der Waals surface area contributed by atoms with Gasteiger partial charge in [-0.3, -0.25) is 4.79 Å². The summed E-state index contributed by atoms with van der Waals surface area (Å²) in [5, 5.41) is 19.5. The second kappa shape index (κ2) is 6.64. The van der Waals surface area contributed by atoms with E-state index in [1.165, 1.54) is 25.3 Å². The molecule has 1 atom stereocenters. The number of unbranched alkanes of at least 4 members (excludes halogenated alkanes) is 4. The van der Waals surface area contributed by atoms with E-state index < -0.39 is 0 Å². The Bertz CT molecular complexity index is 482. The van der Waals surface area contributed by atoms with Crippen molar-refractivity contribution in [3.05, 3.63) is 23.3 Å². The number of rotatable bonds is 6. The van der Waals surface area contributed by atoms with Gasteiger partial charge in [-0.25, -0.2) is 0 Å². The molecule has 2 N–H and O–H groups in total. The third kappa shape index (κ3) is 3.44. The molecule has 0 saturated carbocycles. The van der Waals surface area contributed by atoms with Crippen LogP contribution in [0.15, 0.2) is 12.1 Å². The van der Waals surface area contributed by atoms with Gasteiger partial charge < -0.3 is 14.9 Å². The van der Waals surface area contributed by atoms with Crippen LogP contribution in [0.4, 0.5) is 0 Å². The fraction of sp³-hybridized carbons (Fsp3) is 0.562. The van der Waals surface area contributed by atoms with Gasteiger partial charge >= 0.3 is 5.97 Å². The summed E-state index contributed by atoms with van der Waals surface area (Å²) in [5.41, 5.74) is 1.34. The minimum Gasteiger partial charge on any atom is -0.508 e. The van der Waals surface area contributed by atoms with Gasteiger partial charge in [-0.2, -0.15) is 0 Å². The zero-order valence-electron chi connectivity index (χ0n) is 11.9. The average molecular weight is 278 g/mol. The highest BCUT2D eigenvalue weighted by atomic mass is 16.5. The Morgan fingerprint density at radius 1 is 1.20 bits per heavy atom. The molecule has 0 amide bonds. The summed E-state index contributed by atoms with van der Waals surface area (Å²) in [6, 6.07) is 2.85. The first-order chi connectivity index (χ1) is 9.61. The Labute approximate surface area is 119 Å². The highest BCUT2D eigenvalue weighted by molar-refractivity contribution is 5.76. The number of aromatic hydroxyl groups is 2. The maximum absolute atomic E-state index is 11.6.